The number of aliphatic hydroxyl groups is 1. The van der Waals surface area contributed by atoms with E-state index in [2.05, 4.69) is 4.72 Å². The van der Waals surface area contributed by atoms with Gasteiger partial charge in [0.05, 0.1) is 12.7 Å². The van der Waals surface area contributed by atoms with Crippen molar-refractivity contribution in [2.75, 3.05) is 13.7 Å². The molecule has 0 heterocycles. The summed E-state index contributed by atoms with van der Waals surface area (Å²) >= 11 is 0. The Bertz CT molecular complexity index is 758. The van der Waals surface area contributed by atoms with Gasteiger partial charge in [0.25, 0.3) is 0 Å². The Kier molecular flexibility index (Phi) is 5.99. The van der Waals surface area contributed by atoms with Crippen molar-refractivity contribution in [3.8, 4) is 5.75 Å². The second-order valence-electron chi connectivity index (χ2n) is 5.96. The van der Waals surface area contributed by atoms with Gasteiger partial charge in [0.1, 0.15) is 10.6 Å². The lowest BCUT2D eigenvalue weighted by molar-refractivity contribution is 0.0565. The van der Waals surface area contributed by atoms with Gasteiger partial charge in [-0.2, -0.15) is 0 Å². The summed E-state index contributed by atoms with van der Waals surface area (Å²) in [6.07, 6.45) is 1.12. The molecule has 0 fully saturated rings. The van der Waals surface area contributed by atoms with Crippen LogP contribution in [-0.4, -0.2) is 32.8 Å². The van der Waals surface area contributed by atoms with Crippen molar-refractivity contribution in [2.45, 2.75) is 30.3 Å². The quantitative estimate of drug-likeness (QED) is 0.767. The molecular weight excluding hydrogens is 326 g/mol. The zero-order chi connectivity index (χ0) is 17.6. The topological polar surface area (TPSA) is 75.6 Å². The number of aryl methyl sites for hydroxylation is 1. The van der Waals surface area contributed by atoms with Crippen molar-refractivity contribution >= 4 is 10.0 Å². The number of rotatable bonds is 8. The Morgan fingerprint density at radius 2 is 1.71 bits per heavy atom. The summed E-state index contributed by atoms with van der Waals surface area (Å²) in [5.41, 5.74) is -0.0457. The number of ether oxygens (including phenoxy) is 1. The van der Waals surface area contributed by atoms with E-state index in [1.807, 2.05) is 30.3 Å². The molecule has 0 aliphatic carbocycles. The molecule has 2 N–H and O–H groups in total. The third-order valence-corrected chi connectivity index (χ3v) is 5.24. The number of benzene rings is 2. The highest BCUT2D eigenvalue weighted by atomic mass is 32.2. The van der Waals surface area contributed by atoms with Crippen molar-refractivity contribution in [1.82, 2.24) is 4.72 Å². The Labute approximate surface area is 143 Å². The predicted molar refractivity (Wildman–Crippen MR) is 93.6 cm³/mol. The van der Waals surface area contributed by atoms with Gasteiger partial charge in [0, 0.05) is 6.54 Å². The Morgan fingerprint density at radius 3 is 2.38 bits per heavy atom. The minimum atomic E-state index is -3.75. The number of sulfonamides is 1. The standard InChI is InChI=1S/C18H23NO4S/c1-18(20,13-12-15-8-4-3-5-9-15)14-19-24(21,22)17-11-7-6-10-16(17)23-2/h3-11,19-20H,12-14H2,1-2H3. The molecule has 0 aromatic heterocycles. The fourth-order valence-corrected chi connectivity index (χ4v) is 3.65. The van der Waals surface area contributed by atoms with Gasteiger partial charge >= 0.3 is 0 Å². The van der Waals surface area contributed by atoms with Crippen LogP contribution in [0.3, 0.4) is 0 Å². The van der Waals surface area contributed by atoms with Crippen molar-refractivity contribution in [1.29, 1.82) is 0 Å². The molecule has 0 aliphatic rings. The minimum Gasteiger partial charge on any atom is -0.495 e. The molecule has 6 heteroatoms. The number of nitrogens with one attached hydrogen (secondary N) is 1. The molecule has 5 nitrogen and oxygen atoms in total. The second-order valence-corrected chi connectivity index (χ2v) is 7.69. The molecule has 2 aromatic rings. The maximum absolute atomic E-state index is 12.4. The molecule has 2 aromatic carbocycles. The number of methoxy groups -OCH3 is 1. The monoisotopic (exact) mass is 349 g/mol. The summed E-state index contributed by atoms with van der Waals surface area (Å²) < 4.78 is 32.4. The smallest absolute Gasteiger partial charge is 0.244 e. The zero-order valence-electron chi connectivity index (χ0n) is 13.9. The van der Waals surface area contributed by atoms with Crippen molar-refractivity contribution in [3.05, 3.63) is 60.2 Å². The Morgan fingerprint density at radius 1 is 1.08 bits per heavy atom. The lowest BCUT2D eigenvalue weighted by Crippen LogP contribution is -2.41. The molecule has 0 radical (unpaired) electrons. The van der Waals surface area contributed by atoms with Crippen LogP contribution in [-0.2, 0) is 16.4 Å². The van der Waals surface area contributed by atoms with Crippen LogP contribution in [0, 0.1) is 0 Å². The van der Waals surface area contributed by atoms with E-state index in [9.17, 15) is 13.5 Å². The number of para-hydroxylation sites is 1. The Balaban J connectivity index is 2.00. The minimum absolute atomic E-state index is 0.0614. The first-order valence-electron chi connectivity index (χ1n) is 7.73. The molecular formula is C18H23NO4S. The van der Waals surface area contributed by atoms with Crippen LogP contribution in [0.25, 0.3) is 0 Å². The largest absolute Gasteiger partial charge is 0.495 e. The van der Waals surface area contributed by atoms with Gasteiger partial charge in [0.2, 0.25) is 10.0 Å². The molecule has 0 aliphatic heterocycles. The molecule has 1 unspecified atom stereocenters. The molecule has 0 amide bonds. The highest BCUT2D eigenvalue weighted by Crippen LogP contribution is 2.23. The average Bonchev–Trinajstić information content (AvgIpc) is 2.59. The highest BCUT2D eigenvalue weighted by molar-refractivity contribution is 7.89. The first-order chi connectivity index (χ1) is 11.3. The lowest BCUT2D eigenvalue weighted by atomic mass is 9.97. The van der Waals surface area contributed by atoms with Gasteiger partial charge in [-0.05, 0) is 37.5 Å². The van der Waals surface area contributed by atoms with E-state index in [1.54, 1.807) is 25.1 Å². The van der Waals surface area contributed by atoms with Gasteiger partial charge in [-0.3, -0.25) is 0 Å². The van der Waals surface area contributed by atoms with Crippen LogP contribution in [0.1, 0.15) is 18.9 Å². The average molecular weight is 349 g/mol. The first kappa shape index (κ1) is 18.4. The summed E-state index contributed by atoms with van der Waals surface area (Å²) in [7, 11) is -2.33. The summed E-state index contributed by atoms with van der Waals surface area (Å²) in [6.45, 7) is 1.56. The molecule has 1 atom stereocenters. The van der Waals surface area contributed by atoms with Crippen LogP contribution in [0.5, 0.6) is 5.75 Å². The summed E-state index contributed by atoms with van der Waals surface area (Å²) in [5, 5.41) is 10.5. The zero-order valence-corrected chi connectivity index (χ0v) is 14.7. The maximum atomic E-state index is 12.4. The van der Waals surface area contributed by atoms with Crippen molar-refractivity contribution in [2.24, 2.45) is 0 Å². The van der Waals surface area contributed by atoms with Crippen LogP contribution in [0.2, 0.25) is 0 Å². The van der Waals surface area contributed by atoms with Gasteiger partial charge < -0.3 is 9.84 Å². The molecule has 24 heavy (non-hydrogen) atoms. The molecule has 0 spiro atoms. The summed E-state index contributed by atoms with van der Waals surface area (Å²) in [4.78, 5) is 0.0614. The predicted octanol–water partition coefficient (Wildman–Crippen LogP) is 2.36. The normalized spacial score (nSPS) is 14.1. The van der Waals surface area contributed by atoms with E-state index in [4.69, 9.17) is 4.74 Å². The molecule has 0 saturated heterocycles. The lowest BCUT2D eigenvalue weighted by Gasteiger charge is -2.24. The van der Waals surface area contributed by atoms with Gasteiger partial charge in [0.15, 0.2) is 0 Å². The third kappa shape index (κ3) is 5.06. The van der Waals surface area contributed by atoms with Crippen molar-refractivity contribution < 1.29 is 18.3 Å². The SMILES string of the molecule is COc1ccccc1S(=O)(=O)NCC(C)(O)CCc1ccccc1. The van der Waals surface area contributed by atoms with Crippen molar-refractivity contribution in [3.63, 3.8) is 0 Å². The van der Waals surface area contributed by atoms with E-state index in [-0.39, 0.29) is 17.2 Å². The van der Waals surface area contributed by atoms with E-state index in [1.165, 1.54) is 13.2 Å². The van der Waals surface area contributed by atoms with Gasteiger partial charge in [-0.15, -0.1) is 0 Å². The maximum Gasteiger partial charge on any atom is 0.244 e. The fourth-order valence-electron chi connectivity index (χ4n) is 2.32. The van der Waals surface area contributed by atoms with Gasteiger partial charge in [-0.25, -0.2) is 13.1 Å². The van der Waals surface area contributed by atoms with E-state index >= 15 is 0 Å². The van der Waals surface area contributed by atoms with E-state index in [0.717, 1.165) is 5.56 Å². The van der Waals surface area contributed by atoms with Crippen LogP contribution in [0.4, 0.5) is 0 Å². The summed E-state index contributed by atoms with van der Waals surface area (Å²) in [5.74, 6) is 0.272. The molecule has 130 valence electrons. The third-order valence-electron chi connectivity index (χ3n) is 3.80. The van der Waals surface area contributed by atoms with Crippen LogP contribution in [0.15, 0.2) is 59.5 Å². The highest BCUT2D eigenvalue weighted by Gasteiger charge is 2.25. The number of hydrogen-bond acceptors (Lipinski definition) is 4. The second kappa shape index (κ2) is 7.79. The van der Waals surface area contributed by atoms with E-state index in [0.29, 0.717) is 12.8 Å². The summed E-state index contributed by atoms with van der Waals surface area (Å²) in [6, 6.07) is 16.2. The first-order valence-corrected chi connectivity index (χ1v) is 9.21. The van der Waals surface area contributed by atoms with Crippen LogP contribution >= 0.6 is 0 Å². The number of hydrogen-bond donors (Lipinski definition) is 2. The Hall–Kier alpha value is -1.89. The molecule has 2 rings (SSSR count). The van der Waals surface area contributed by atoms with Gasteiger partial charge in [-0.1, -0.05) is 42.5 Å². The van der Waals surface area contributed by atoms with E-state index < -0.39 is 15.6 Å². The fraction of sp³-hybridized carbons (Fsp3) is 0.333. The molecule has 0 saturated carbocycles. The molecule has 0 bridgehead atoms. The van der Waals surface area contributed by atoms with Crippen LogP contribution < -0.4 is 9.46 Å².